The topological polar surface area (TPSA) is 63.6 Å². The number of hydrogen-bond acceptors (Lipinski definition) is 3. The quantitative estimate of drug-likeness (QED) is 0.0567. The van der Waals surface area contributed by atoms with Crippen LogP contribution in [0, 0.1) is 0 Å². The molecule has 0 aliphatic carbocycles. The van der Waals surface area contributed by atoms with Crippen molar-refractivity contribution in [2.45, 2.75) is 238 Å². The van der Waals surface area contributed by atoms with Crippen molar-refractivity contribution in [3.05, 3.63) is 0 Å². The van der Waals surface area contributed by atoms with Crippen molar-refractivity contribution >= 4 is 11.9 Å². The first-order chi connectivity index (χ1) is 21.1. The van der Waals surface area contributed by atoms with Crippen LogP contribution in [0.2, 0.25) is 0 Å². The molecule has 1 N–H and O–H groups in total. The van der Waals surface area contributed by atoms with Gasteiger partial charge in [0.05, 0.1) is 0 Å². The van der Waals surface area contributed by atoms with E-state index in [1.165, 1.54) is 167 Å². The zero-order valence-corrected chi connectivity index (χ0v) is 29.3. The van der Waals surface area contributed by atoms with E-state index >= 15 is 0 Å². The molecule has 0 aromatic rings. The van der Waals surface area contributed by atoms with Crippen LogP contribution in [0.4, 0.5) is 0 Å². The Hall–Kier alpha value is -1.06. The highest BCUT2D eigenvalue weighted by Gasteiger charge is 2.16. The van der Waals surface area contributed by atoms with Gasteiger partial charge in [-0.2, -0.15) is 0 Å². The van der Waals surface area contributed by atoms with Crippen LogP contribution >= 0.6 is 0 Å². The molecule has 0 saturated carbocycles. The number of carboxylic acid groups (broad SMARTS) is 1. The fraction of sp³-hybridized carbons (Fsp3) is 0.949. The van der Waals surface area contributed by atoms with Gasteiger partial charge in [-0.05, 0) is 25.7 Å². The average Bonchev–Trinajstić information content (AvgIpc) is 2.99. The Morgan fingerprint density at radius 1 is 0.419 bits per heavy atom. The summed E-state index contributed by atoms with van der Waals surface area (Å²) >= 11 is 0. The van der Waals surface area contributed by atoms with Crippen LogP contribution < -0.4 is 0 Å². The van der Waals surface area contributed by atoms with E-state index in [4.69, 9.17) is 9.84 Å². The molecule has 4 heteroatoms. The first-order valence-electron chi connectivity index (χ1n) is 19.5. The monoisotopic (exact) mass is 609 g/mol. The Balaban J connectivity index is 3.69. The van der Waals surface area contributed by atoms with Crippen LogP contribution in [-0.2, 0) is 14.3 Å². The molecular weight excluding hydrogens is 532 g/mol. The third-order valence-electron chi connectivity index (χ3n) is 9.09. The Morgan fingerprint density at radius 3 is 1.05 bits per heavy atom. The second-order valence-corrected chi connectivity index (χ2v) is 13.5. The highest BCUT2D eigenvalue weighted by Crippen LogP contribution is 2.18. The first-order valence-corrected chi connectivity index (χ1v) is 19.5. The lowest BCUT2D eigenvalue weighted by molar-refractivity contribution is -0.151. The maximum absolute atomic E-state index is 12.4. The number of aliphatic carboxylic acids is 1. The zero-order chi connectivity index (χ0) is 31.5. The summed E-state index contributed by atoms with van der Waals surface area (Å²) in [6, 6.07) is 0. The lowest BCUT2D eigenvalue weighted by Crippen LogP contribution is -2.19. The van der Waals surface area contributed by atoms with Crippen LogP contribution in [-0.4, -0.2) is 23.1 Å². The second kappa shape index (κ2) is 35.4. The molecule has 1 atom stereocenters. The average molecular weight is 609 g/mol. The number of esters is 1. The number of ether oxygens (including phenoxy) is 1. The van der Waals surface area contributed by atoms with Crippen molar-refractivity contribution in [2.24, 2.45) is 0 Å². The molecule has 0 bridgehead atoms. The predicted molar refractivity (Wildman–Crippen MR) is 186 cm³/mol. The van der Waals surface area contributed by atoms with Gasteiger partial charge in [-0.15, -0.1) is 0 Å². The fourth-order valence-corrected chi connectivity index (χ4v) is 6.18. The molecule has 0 aromatic carbocycles. The van der Waals surface area contributed by atoms with Gasteiger partial charge in [0.1, 0.15) is 6.10 Å². The van der Waals surface area contributed by atoms with Crippen LogP contribution in [0.25, 0.3) is 0 Å². The van der Waals surface area contributed by atoms with Gasteiger partial charge in [0.2, 0.25) is 0 Å². The van der Waals surface area contributed by atoms with Crippen molar-refractivity contribution in [2.75, 3.05) is 0 Å². The number of unbranched alkanes of at least 4 members (excludes halogenated alkanes) is 28. The highest BCUT2D eigenvalue weighted by atomic mass is 16.5. The van der Waals surface area contributed by atoms with E-state index in [1.54, 1.807) is 0 Å². The molecule has 0 aromatic heterocycles. The summed E-state index contributed by atoms with van der Waals surface area (Å²) in [5.74, 6) is -0.939. The minimum absolute atomic E-state index is 0.0790. The largest absolute Gasteiger partial charge is 0.481 e. The van der Waals surface area contributed by atoms with Crippen LogP contribution in [0.3, 0.4) is 0 Å². The summed E-state index contributed by atoms with van der Waals surface area (Å²) in [5, 5.41) is 9.11. The van der Waals surface area contributed by atoms with Crippen LogP contribution in [0.1, 0.15) is 232 Å². The zero-order valence-electron chi connectivity index (χ0n) is 29.3. The summed E-state index contributed by atoms with van der Waals surface area (Å²) in [5.41, 5.74) is 0. The summed E-state index contributed by atoms with van der Waals surface area (Å²) in [7, 11) is 0. The van der Waals surface area contributed by atoms with E-state index in [0.717, 1.165) is 32.1 Å². The molecule has 0 spiro atoms. The van der Waals surface area contributed by atoms with E-state index in [0.29, 0.717) is 12.8 Å². The number of carbonyl (C=O) groups excluding carboxylic acids is 1. The summed E-state index contributed by atoms with van der Waals surface area (Å²) in [4.78, 5) is 23.5. The van der Waals surface area contributed by atoms with E-state index in [-0.39, 0.29) is 18.5 Å². The van der Waals surface area contributed by atoms with E-state index < -0.39 is 5.97 Å². The van der Waals surface area contributed by atoms with Crippen LogP contribution in [0.5, 0.6) is 0 Å². The molecule has 0 aliphatic rings. The Bertz CT molecular complexity index is 576. The smallest absolute Gasteiger partial charge is 0.306 e. The maximum Gasteiger partial charge on any atom is 0.306 e. The van der Waals surface area contributed by atoms with Crippen LogP contribution in [0.15, 0.2) is 0 Å². The molecule has 0 fully saturated rings. The van der Waals surface area contributed by atoms with E-state index in [2.05, 4.69) is 13.8 Å². The van der Waals surface area contributed by atoms with Gasteiger partial charge in [-0.25, -0.2) is 0 Å². The molecule has 4 nitrogen and oxygen atoms in total. The molecule has 0 rings (SSSR count). The summed E-state index contributed by atoms with van der Waals surface area (Å²) < 4.78 is 5.74. The second-order valence-electron chi connectivity index (χ2n) is 13.5. The number of rotatable bonds is 36. The minimum atomic E-state index is -0.806. The van der Waals surface area contributed by atoms with Crippen molar-refractivity contribution in [3.63, 3.8) is 0 Å². The van der Waals surface area contributed by atoms with Gasteiger partial charge in [0.15, 0.2) is 0 Å². The number of carboxylic acids is 1. The SMILES string of the molecule is CCCCCCCCCCCCCCCCCCC(CCC(=O)O)OC(=O)CCCCCCCCCCCCCCCC. The fourth-order valence-electron chi connectivity index (χ4n) is 6.18. The van der Waals surface area contributed by atoms with Crippen molar-refractivity contribution in [3.8, 4) is 0 Å². The molecule has 0 saturated heterocycles. The van der Waals surface area contributed by atoms with E-state index in [9.17, 15) is 9.59 Å². The summed E-state index contributed by atoms with van der Waals surface area (Å²) in [6.45, 7) is 4.55. The normalized spacial score (nSPS) is 12.0. The van der Waals surface area contributed by atoms with Gasteiger partial charge in [-0.1, -0.05) is 194 Å². The molecule has 0 heterocycles. The standard InChI is InChI=1S/C39H76O4/c1-3-5-7-9-11-13-15-17-19-20-21-23-25-27-29-31-33-37(35-36-38(40)41)43-39(42)34-32-30-28-26-24-22-18-16-14-12-10-8-6-4-2/h37H,3-36H2,1-2H3,(H,40,41). The highest BCUT2D eigenvalue weighted by molar-refractivity contribution is 5.69. The Morgan fingerprint density at radius 2 is 0.721 bits per heavy atom. The third kappa shape index (κ3) is 35.3. The van der Waals surface area contributed by atoms with Gasteiger partial charge >= 0.3 is 11.9 Å². The van der Waals surface area contributed by atoms with Gasteiger partial charge in [0.25, 0.3) is 0 Å². The molecule has 256 valence electrons. The maximum atomic E-state index is 12.4. The molecule has 1 unspecified atom stereocenters. The van der Waals surface area contributed by atoms with Gasteiger partial charge in [-0.3, -0.25) is 9.59 Å². The van der Waals surface area contributed by atoms with E-state index in [1.807, 2.05) is 0 Å². The summed E-state index contributed by atoms with van der Waals surface area (Å²) in [6.07, 6.45) is 41.2. The van der Waals surface area contributed by atoms with Crippen molar-refractivity contribution < 1.29 is 19.4 Å². The van der Waals surface area contributed by atoms with Gasteiger partial charge < -0.3 is 9.84 Å². The number of hydrogen-bond donors (Lipinski definition) is 1. The lowest BCUT2D eigenvalue weighted by atomic mass is 10.0. The predicted octanol–water partition coefficient (Wildman–Crippen LogP) is 13.3. The van der Waals surface area contributed by atoms with Crippen molar-refractivity contribution in [1.82, 2.24) is 0 Å². The molecule has 43 heavy (non-hydrogen) atoms. The van der Waals surface area contributed by atoms with Gasteiger partial charge in [0, 0.05) is 12.8 Å². The molecule has 0 radical (unpaired) electrons. The number of carbonyl (C=O) groups is 2. The van der Waals surface area contributed by atoms with Crippen molar-refractivity contribution in [1.29, 1.82) is 0 Å². The minimum Gasteiger partial charge on any atom is -0.481 e. The third-order valence-corrected chi connectivity index (χ3v) is 9.09. The Kier molecular flexibility index (Phi) is 34.5. The lowest BCUT2D eigenvalue weighted by Gasteiger charge is -2.17. The molecule has 0 aliphatic heterocycles. The first kappa shape index (κ1) is 41.9. The Labute approximate surface area is 269 Å². The molecule has 0 amide bonds. The molecular formula is C39H76O4.